The molecule has 0 atom stereocenters. The van der Waals surface area contributed by atoms with Crippen molar-refractivity contribution < 1.29 is 9.90 Å². The van der Waals surface area contributed by atoms with Gasteiger partial charge in [-0.05, 0) is 13.8 Å². The summed E-state index contributed by atoms with van der Waals surface area (Å²) < 4.78 is 0. The van der Waals surface area contributed by atoms with Gasteiger partial charge >= 0.3 is 5.97 Å². The van der Waals surface area contributed by atoms with E-state index in [2.05, 4.69) is 15.5 Å². The number of nitrogens with one attached hydrogen (secondary N) is 1. The summed E-state index contributed by atoms with van der Waals surface area (Å²) in [6, 6.07) is 1.53. The molecular weight excluding hydrogens is 184 g/mol. The van der Waals surface area contributed by atoms with E-state index >= 15 is 0 Å². The molecule has 1 heterocycles. The van der Waals surface area contributed by atoms with E-state index in [4.69, 9.17) is 10.8 Å². The van der Waals surface area contributed by atoms with E-state index in [0.717, 1.165) is 0 Å². The zero-order chi connectivity index (χ0) is 10.7. The second-order valence-corrected chi connectivity index (χ2v) is 3.13. The summed E-state index contributed by atoms with van der Waals surface area (Å²) in [6.07, 6.45) is 0. The van der Waals surface area contributed by atoms with Gasteiger partial charge in [-0.15, -0.1) is 10.2 Å². The molecule has 4 N–H and O–H groups in total. The minimum Gasteiger partial charge on any atom is -0.478 e. The van der Waals surface area contributed by atoms with Gasteiger partial charge in [-0.2, -0.15) is 0 Å². The van der Waals surface area contributed by atoms with Gasteiger partial charge in [-0.1, -0.05) is 0 Å². The molecule has 0 aliphatic rings. The predicted molar refractivity (Wildman–Crippen MR) is 52.2 cm³/mol. The van der Waals surface area contributed by atoms with Gasteiger partial charge in [-0.3, -0.25) is 0 Å². The highest BCUT2D eigenvalue weighted by atomic mass is 16.4. The largest absolute Gasteiger partial charge is 0.478 e. The number of hydrogen-bond acceptors (Lipinski definition) is 5. The van der Waals surface area contributed by atoms with Crippen molar-refractivity contribution in [3.63, 3.8) is 0 Å². The molecule has 0 amide bonds. The van der Waals surface area contributed by atoms with Crippen LogP contribution in [0, 0.1) is 0 Å². The molecule has 0 radical (unpaired) electrons. The van der Waals surface area contributed by atoms with Gasteiger partial charge in [0, 0.05) is 12.1 Å². The molecule has 6 nitrogen and oxygen atoms in total. The Morgan fingerprint density at radius 3 is 2.71 bits per heavy atom. The van der Waals surface area contributed by atoms with Crippen molar-refractivity contribution in [2.75, 3.05) is 11.1 Å². The van der Waals surface area contributed by atoms with Crippen LogP contribution in [-0.2, 0) is 0 Å². The van der Waals surface area contributed by atoms with Gasteiger partial charge in [0.25, 0.3) is 0 Å². The van der Waals surface area contributed by atoms with Crippen LogP contribution in [0.1, 0.15) is 24.2 Å². The summed E-state index contributed by atoms with van der Waals surface area (Å²) in [5, 5.41) is 18.9. The van der Waals surface area contributed by atoms with Crippen molar-refractivity contribution in [2.45, 2.75) is 19.9 Å². The molecule has 0 aliphatic heterocycles. The van der Waals surface area contributed by atoms with Crippen LogP contribution < -0.4 is 11.1 Å². The fraction of sp³-hybridized carbons (Fsp3) is 0.375. The van der Waals surface area contributed by atoms with Crippen LogP contribution in [0.4, 0.5) is 11.6 Å². The molecule has 1 rings (SSSR count). The Morgan fingerprint density at radius 2 is 2.21 bits per heavy atom. The predicted octanol–water partition coefficient (Wildman–Crippen LogP) is 0.577. The number of nitrogen functional groups attached to an aromatic ring is 1. The van der Waals surface area contributed by atoms with Crippen molar-refractivity contribution in [1.29, 1.82) is 0 Å². The van der Waals surface area contributed by atoms with Gasteiger partial charge < -0.3 is 16.2 Å². The molecule has 0 spiro atoms. The third kappa shape index (κ3) is 2.32. The highest BCUT2D eigenvalue weighted by Gasteiger charge is 2.11. The third-order valence-electron chi connectivity index (χ3n) is 1.49. The number of aromatic carboxylic acids is 1. The summed E-state index contributed by atoms with van der Waals surface area (Å²) in [5.74, 6) is -0.775. The molecule has 76 valence electrons. The molecule has 0 bridgehead atoms. The molecule has 0 saturated carbocycles. The summed E-state index contributed by atoms with van der Waals surface area (Å²) in [4.78, 5) is 10.7. The second-order valence-electron chi connectivity index (χ2n) is 3.13. The average molecular weight is 196 g/mol. The van der Waals surface area contributed by atoms with Gasteiger partial charge in [0.05, 0.1) is 0 Å². The van der Waals surface area contributed by atoms with E-state index in [9.17, 15) is 4.79 Å². The Labute approximate surface area is 81.1 Å². The molecule has 1 aromatic rings. The molecule has 1 aromatic heterocycles. The van der Waals surface area contributed by atoms with E-state index in [1.54, 1.807) is 0 Å². The average Bonchev–Trinajstić information content (AvgIpc) is 2.07. The maximum absolute atomic E-state index is 10.7. The Kier molecular flexibility index (Phi) is 2.85. The van der Waals surface area contributed by atoms with Crippen molar-refractivity contribution in [3.8, 4) is 0 Å². The number of nitrogens with two attached hydrogens (primary N) is 1. The lowest BCUT2D eigenvalue weighted by atomic mass is 10.2. The van der Waals surface area contributed by atoms with Crippen molar-refractivity contribution in [2.24, 2.45) is 0 Å². The molecule has 0 saturated heterocycles. The van der Waals surface area contributed by atoms with Crippen LogP contribution in [0.5, 0.6) is 0 Å². The van der Waals surface area contributed by atoms with E-state index in [1.807, 2.05) is 13.8 Å². The zero-order valence-electron chi connectivity index (χ0n) is 7.98. The van der Waals surface area contributed by atoms with E-state index in [1.165, 1.54) is 6.07 Å². The van der Waals surface area contributed by atoms with Crippen LogP contribution >= 0.6 is 0 Å². The van der Waals surface area contributed by atoms with E-state index in [-0.39, 0.29) is 17.4 Å². The standard InChI is InChI=1S/C8H12N4O2/c1-4(2)10-6-3-5(8(13)14)7(9)12-11-6/h3-4H,1-2H3,(H2,9,12)(H,10,11)(H,13,14). The lowest BCUT2D eigenvalue weighted by molar-refractivity contribution is 0.0697. The molecule has 0 fully saturated rings. The van der Waals surface area contributed by atoms with Crippen molar-refractivity contribution in [3.05, 3.63) is 11.6 Å². The Hall–Kier alpha value is -1.85. The topological polar surface area (TPSA) is 101 Å². The first-order valence-electron chi connectivity index (χ1n) is 4.13. The second kappa shape index (κ2) is 3.91. The fourth-order valence-corrected chi connectivity index (χ4v) is 0.939. The zero-order valence-corrected chi connectivity index (χ0v) is 7.98. The number of anilines is 2. The third-order valence-corrected chi connectivity index (χ3v) is 1.49. The molecule has 14 heavy (non-hydrogen) atoms. The number of carbonyl (C=O) groups is 1. The molecule has 6 heteroatoms. The lowest BCUT2D eigenvalue weighted by Crippen LogP contribution is -2.14. The van der Waals surface area contributed by atoms with Crippen LogP contribution in [0.25, 0.3) is 0 Å². The number of carboxylic acid groups (broad SMARTS) is 1. The normalized spacial score (nSPS) is 10.2. The summed E-state index contributed by atoms with van der Waals surface area (Å²) >= 11 is 0. The number of carboxylic acids is 1. The lowest BCUT2D eigenvalue weighted by Gasteiger charge is -2.08. The van der Waals surface area contributed by atoms with Gasteiger partial charge in [0.15, 0.2) is 5.82 Å². The Morgan fingerprint density at radius 1 is 1.57 bits per heavy atom. The highest BCUT2D eigenvalue weighted by Crippen LogP contribution is 2.12. The molecule has 0 aromatic carbocycles. The maximum atomic E-state index is 10.7. The minimum atomic E-state index is -1.11. The van der Waals surface area contributed by atoms with E-state index < -0.39 is 5.97 Å². The minimum absolute atomic E-state index is 0.0387. The van der Waals surface area contributed by atoms with Crippen LogP contribution in [0.15, 0.2) is 6.07 Å². The maximum Gasteiger partial charge on any atom is 0.339 e. The smallest absolute Gasteiger partial charge is 0.339 e. The summed E-state index contributed by atoms with van der Waals surface area (Å²) in [6.45, 7) is 3.83. The van der Waals surface area contributed by atoms with Crippen LogP contribution in [-0.4, -0.2) is 27.3 Å². The first-order valence-corrected chi connectivity index (χ1v) is 4.13. The number of aromatic nitrogens is 2. The van der Waals surface area contributed by atoms with Crippen molar-refractivity contribution in [1.82, 2.24) is 10.2 Å². The first-order chi connectivity index (χ1) is 6.50. The number of hydrogen-bond donors (Lipinski definition) is 3. The molecular formula is C8H12N4O2. The number of rotatable bonds is 3. The van der Waals surface area contributed by atoms with Gasteiger partial charge in [-0.25, -0.2) is 4.79 Å². The van der Waals surface area contributed by atoms with Crippen LogP contribution in [0.2, 0.25) is 0 Å². The first kappa shape index (κ1) is 10.2. The summed E-state index contributed by atoms with van der Waals surface area (Å²) in [5.41, 5.74) is 5.30. The molecule has 0 aliphatic carbocycles. The van der Waals surface area contributed by atoms with Gasteiger partial charge in [0.2, 0.25) is 0 Å². The Bertz CT molecular complexity index is 351. The van der Waals surface area contributed by atoms with Crippen molar-refractivity contribution >= 4 is 17.6 Å². The molecule has 0 unspecified atom stereocenters. The van der Waals surface area contributed by atoms with Gasteiger partial charge in [0.1, 0.15) is 11.4 Å². The quantitative estimate of drug-likeness (QED) is 0.653. The summed E-state index contributed by atoms with van der Waals surface area (Å²) in [7, 11) is 0. The van der Waals surface area contributed by atoms with E-state index in [0.29, 0.717) is 5.82 Å². The highest BCUT2D eigenvalue weighted by molar-refractivity contribution is 5.93. The fourth-order valence-electron chi connectivity index (χ4n) is 0.939. The SMILES string of the molecule is CC(C)Nc1cc(C(=O)O)c(N)nn1. The number of nitrogens with zero attached hydrogens (tertiary/aromatic N) is 2. The van der Waals surface area contributed by atoms with Crippen LogP contribution in [0.3, 0.4) is 0 Å². The monoisotopic (exact) mass is 196 g/mol. The Balaban J connectivity index is 3.00.